The van der Waals surface area contributed by atoms with Crippen molar-refractivity contribution >= 4 is 27.5 Å². The number of aromatic nitrogens is 1. The van der Waals surface area contributed by atoms with Crippen molar-refractivity contribution in [1.82, 2.24) is 15.2 Å². The Kier molecular flexibility index (Phi) is 3.19. The highest BCUT2D eigenvalue weighted by Crippen LogP contribution is 2.32. The lowest BCUT2D eigenvalue weighted by atomic mass is 9.79. The number of thiazole rings is 1. The van der Waals surface area contributed by atoms with Gasteiger partial charge < -0.3 is 5.32 Å². The predicted molar refractivity (Wildman–Crippen MR) is 84.6 cm³/mol. The molecule has 21 heavy (non-hydrogen) atoms. The van der Waals surface area contributed by atoms with Gasteiger partial charge in [-0.3, -0.25) is 9.69 Å². The lowest BCUT2D eigenvalue weighted by molar-refractivity contribution is 0.0217. The van der Waals surface area contributed by atoms with Crippen LogP contribution >= 0.6 is 11.3 Å². The third-order valence-corrected chi connectivity index (χ3v) is 6.00. The molecule has 0 radical (unpaired) electrons. The number of hydrogen-bond acceptors (Lipinski definition) is 4. The van der Waals surface area contributed by atoms with Crippen LogP contribution in [0.25, 0.3) is 10.2 Å². The van der Waals surface area contributed by atoms with Crippen LogP contribution in [0.2, 0.25) is 0 Å². The van der Waals surface area contributed by atoms with E-state index in [2.05, 4.69) is 22.1 Å². The summed E-state index contributed by atoms with van der Waals surface area (Å²) in [5.74, 6) is 0.616. The number of piperidine rings is 3. The Balaban J connectivity index is 1.55. The average molecular weight is 301 g/mol. The van der Waals surface area contributed by atoms with E-state index in [-0.39, 0.29) is 11.9 Å². The van der Waals surface area contributed by atoms with E-state index in [1.54, 1.807) is 0 Å². The summed E-state index contributed by atoms with van der Waals surface area (Å²) in [7, 11) is 0. The van der Waals surface area contributed by atoms with Crippen molar-refractivity contribution < 1.29 is 4.79 Å². The molecular formula is C16H19N3OS. The van der Waals surface area contributed by atoms with Crippen molar-refractivity contribution in [2.75, 3.05) is 13.1 Å². The molecule has 1 amide bonds. The number of carbonyl (C=O) groups is 1. The van der Waals surface area contributed by atoms with Gasteiger partial charge in [-0.1, -0.05) is 12.1 Å². The molecule has 1 aromatic heterocycles. The summed E-state index contributed by atoms with van der Waals surface area (Å²) in [6.45, 7) is 4.59. The van der Waals surface area contributed by atoms with Crippen LogP contribution in [0.3, 0.4) is 0 Å². The van der Waals surface area contributed by atoms with E-state index >= 15 is 0 Å². The van der Waals surface area contributed by atoms with Crippen LogP contribution in [0.1, 0.15) is 29.6 Å². The number of nitrogens with one attached hydrogen (secondary N) is 1. The van der Waals surface area contributed by atoms with Crippen molar-refractivity contribution in [2.24, 2.45) is 5.92 Å². The van der Waals surface area contributed by atoms with Gasteiger partial charge in [-0.15, -0.1) is 11.3 Å². The lowest BCUT2D eigenvalue weighted by Gasteiger charge is -2.49. The molecule has 2 bridgehead atoms. The first kappa shape index (κ1) is 13.2. The van der Waals surface area contributed by atoms with E-state index in [9.17, 15) is 4.79 Å². The molecule has 0 unspecified atom stereocenters. The Morgan fingerprint density at radius 1 is 1.33 bits per heavy atom. The van der Waals surface area contributed by atoms with Crippen LogP contribution in [0, 0.1) is 5.92 Å². The van der Waals surface area contributed by atoms with Gasteiger partial charge in [0.25, 0.3) is 5.91 Å². The van der Waals surface area contributed by atoms with Gasteiger partial charge in [0.05, 0.1) is 10.2 Å². The summed E-state index contributed by atoms with van der Waals surface area (Å²) >= 11 is 1.48. The first-order valence-corrected chi connectivity index (χ1v) is 8.44. The summed E-state index contributed by atoms with van der Waals surface area (Å²) in [6, 6.07) is 8.62. The number of hydrogen-bond donors (Lipinski definition) is 1. The molecule has 1 N–H and O–H groups in total. The quantitative estimate of drug-likeness (QED) is 0.927. The maximum atomic E-state index is 12.5. The van der Waals surface area contributed by atoms with E-state index in [1.807, 2.05) is 24.3 Å². The molecule has 4 heterocycles. The Morgan fingerprint density at radius 3 is 2.81 bits per heavy atom. The predicted octanol–water partition coefficient (Wildman–Crippen LogP) is 2.51. The highest BCUT2D eigenvalue weighted by atomic mass is 32.1. The van der Waals surface area contributed by atoms with Crippen LogP contribution in [0.4, 0.5) is 0 Å². The summed E-state index contributed by atoms with van der Waals surface area (Å²) in [5, 5.41) is 3.83. The third kappa shape index (κ3) is 2.24. The van der Waals surface area contributed by atoms with Gasteiger partial charge in [0.1, 0.15) is 0 Å². The van der Waals surface area contributed by atoms with Crippen LogP contribution < -0.4 is 5.32 Å². The van der Waals surface area contributed by atoms with Gasteiger partial charge in [-0.05, 0) is 50.9 Å². The van der Waals surface area contributed by atoms with E-state index in [0.29, 0.717) is 17.0 Å². The third-order valence-electron chi connectivity index (χ3n) is 4.96. The summed E-state index contributed by atoms with van der Waals surface area (Å²) in [4.78, 5) is 19.5. The number of carbonyl (C=O) groups excluding carboxylic acids is 1. The Labute approximate surface area is 128 Å². The molecule has 3 saturated heterocycles. The van der Waals surface area contributed by atoms with Crippen molar-refractivity contribution in [1.29, 1.82) is 0 Å². The fourth-order valence-electron chi connectivity index (χ4n) is 3.73. The second-order valence-electron chi connectivity index (χ2n) is 6.10. The highest BCUT2D eigenvalue weighted by Gasteiger charge is 2.40. The topological polar surface area (TPSA) is 45.2 Å². The van der Waals surface area contributed by atoms with Crippen molar-refractivity contribution in [3.05, 3.63) is 29.3 Å². The monoisotopic (exact) mass is 301 g/mol. The molecule has 0 spiro atoms. The minimum atomic E-state index is -0.0122. The molecule has 2 aromatic rings. The minimum Gasteiger partial charge on any atom is -0.345 e. The Hall–Kier alpha value is -1.46. The molecule has 110 valence electrons. The van der Waals surface area contributed by atoms with Crippen molar-refractivity contribution in [3.63, 3.8) is 0 Å². The standard InChI is InChI=1S/C16H19N3OS/c1-10-14(11-6-8-19(10)9-7-11)18-15(20)16-17-12-4-2-3-5-13(12)21-16/h2-5,10-11,14H,6-9H2,1H3,(H,18,20)/t10-,14-/m0/s1. The molecule has 3 aliphatic rings. The number of nitrogens with zero attached hydrogens (tertiary/aromatic N) is 2. The molecule has 0 saturated carbocycles. The fourth-order valence-corrected chi connectivity index (χ4v) is 4.60. The largest absolute Gasteiger partial charge is 0.345 e. The van der Waals surface area contributed by atoms with E-state index < -0.39 is 0 Å². The Bertz CT molecular complexity index is 640. The molecule has 0 aliphatic carbocycles. The number of fused-ring (bicyclic) bond motifs is 4. The molecule has 5 rings (SSSR count). The molecule has 3 aliphatic heterocycles. The smallest absolute Gasteiger partial charge is 0.280 e. The Morgan fingerprint density at radius 2 is 2.10 bits per heavy atom. The van der Waals surface area contributed by atoms with Gasteiger partial charge in [0.15, 0.2) is 5.01 Å². The van der Waals surface area contributed by atoms with E-state index in [4.69, 9.17) is 0 Å². The van der Waals surface area contributed by atoms with E-state index in [0.717, 1.165) is 10.2 Å². The average Bonchev–Trinajstić information content (AvgIpc) is 2.95. The van der Waals surface area contributed by atoms with Crippen LogP contribution in [0.5, 0.6) is 0 Å². The molecular weight excluding hydrogens is 282 g/mol. The number of para-hydroxylation sites is 1. The lowest BCUT2D eigenvalue weighted by Crippen LogP contribution is -2.62. The molecule has 4 nitrogen and oxygen atoms in total. The number of rotatable bonds is 2. The first-order valence-electron chi connectivity index (χ1n) is 7.63. The first-order chi connectivity index (χ1) is 10.2. The van der Waals surface area contributed by atoms with Crippen LogP contribution in [0.15, 0.2) is 24.3 Å². The minimum absolute atomic E-state index is 0.0122. The van der Waals surface area contributed by atoms with Gasteiger partial charge in [0, 0.05) is 12.1 Å². The normalized spacial score (nSPS) is 31.5. The number of benzene rings is 1. The summed E-state index contributed by atoms with van der Waals surface area (Å²) in [5.41, 5.74) is 0.912. The van der Waals surface area contributed by atoms with E-state index in [1.165, 1.54) is 37.3 Å². The van der Waals surface area contributed by atoms with Crippen LogP contribution in [-0.2, 0) is 0 Å². The zero-order chi connectivity index (χ0) is 14.4. The molecule has 5 heteroatoms. The van der Waals surface area contributed by atoms with Gasteiger partial charge in [-0.2, -0.15) is 0 Å². The number of amides is 1. The van der Waals surface area contributed by atoms with Gasteiger partial charge in [-0.25, -0.2) is 4.98 Å². The van der Waals surface area contributed by atoms with Crippen molar-refractivity contribution in [3.8, 4) is 0 Å². The summed E-state index contributed by atoms with van der Waals surface area (Å²) in [6.07, 6.45) is 2.41. The zero-order valence-corrected chi connectivity index (χ0v) is 12.9. The SMILES string of the molecule is C[C@H]1[C@H](NC(=O)c2nc3ccccc3s2)C2CCN1CC2. The maximum Gasteiger partial charge on any atom is 0.280 e. The van der Waals surface area contributed by atoms with Gasteiger partial charge in [0.2, 0.25) is 0 Å². The second kappa shape index (κ2) is 5.07. The zero-order valence-electron chi connectivity index (χ0n) is 12.1. The highest BCUT2D eigenvalue weighted by molar-refractivity contribution is 7.20. The second-order valence-corrected chi connectivity index (χ2v) is 7.13. The molecule has 2 atom stereocenters. The molecule has 1 aromatic carbocycles. The van der Waals surface area contributed by atoms with Gasteiger partial charge >= 0.3 is 0 Å². The maximum absolute atomic E-state index is 12.5. The fraction of sp³-hybridized carbons (Fsp3) is 0.500. The summed E-state index contributed by atoms with van der Waals surface area (Å²) < 4.78 is 1.07. The molecule has 3 fully saturated rings. The van der Waals surface area contributed by atoms with Crippen molar-refractivity contribution in [2.45, 2.75) is 31.8 Å². The van der Waals surface area contributed by atoms with Crippen LogP contribution in [-0.4, -0.2) is 41.0 Å².